The molecule has 0 radical (unpaired) electrons. The van der Waals surface area contributed by atoms with Gasteiger partial charge < -0.3 is 15.3 Å². The van der Waals surface area contributed by atoms with Crippen LogP contribution in [0.4, 0.5) is 0 Å². The molecular weight excluding hydrogens is 276 g/mol. The number of halogens is 1. The second-order valence-electron chi connectivity index (χ2n) is 3.95. The minimum absolute atomic E-state index is 0.353. The van der Waals surface area contributed by atoms with Gasteiger partial charge in [0, 0.05) is 5.33 Å². The number of aliphatic hydroxyl groups is 2. The van der Waals surface area contributed by atoms with Crippen molar-refractivity contribution in [3.63, 3.8) is 0 Å². The molecule has 0 rings (SSSR count). The summed E-state index contributed by atoms with van der Waals surface area (Å²) in [6.07, 6.45) is 3.96. The van der Waals surface area contributed by atoms with Crippen LogP contribution in [-0.4, -0.2) is 38.8 Å². The predicted octanol–water partition coefficient (Wildman–Crippen LogP) is 1.92. The molecule has 0 aromatic heterocycles. The topological polar surface area (TPSA) is 77.8 Å². The van der Waals surface area contributed by atoms with Gasteiger partial charge in [0.25, 0.3) is 0 Å². The molecule has 0 fully saturated rings. The molecule has 0 aliphatic carbocycles. The zero-order chi connectivity index (χ0) is 12.4. The van der Waals surface area contributed by atoms with Gasteiger partial charge in [-0.05, 0) is 12.8 Å². The summed E-state index contributed by atoms with van der Waals surface area (Å²) < 4.78 is 0. The van der Waals surface area contributed by atoms with Crippen molar-refractivity contribution in [2.45, 2.75) is 57.2 Å². The van der Waals surface area contributed by atoms with Gasteiger partial charge in [-0.1, -0.05) is 48.0 Å². The summed E-state index contributed by atoms with van der Waals surface area (Å²) in [5.74, 6) is -1.36. The first-order valence-electron chi connectivity index (χ1n) is 5.74. The molecule has 0 aromatic carbocycles. The molecule has 0 saturated carbocycles. The van der Waals surface area contributed by atoms with E-state index in [4.69, 9.17) is 10.2 Å². The normalized spacial score (nSPS) is 14.7. The smallest absolute Gasteiger partial charge is 0.335 e. The highest BCUT2D eigenvalue weighted by Crippen LogP contribution is 2.11. The number of carboxylic acid groups (broad SMARTS) is 1. The van der Waals surface area contributed by atoms with Crippen LogP contribution in [0.25, 0.3) is 0 Å². The summed E-state index contributed by atoms with van der Waals surface area (Å²) >= 11 is 3.36. The first-order chi connectivity index (χ1) is 7.59. The van der Waals surface area contributed by atoms with E-state index in [1.54, 1.807) is 0 Å². The van der Waals surface area contributed by atoms with Crippen molar-refractivity contribution in [2.24, 2.45) is 0 Å². The van der Waals surface area contributed by atoms with Gasteiger partial charge in [0.2, 0.25) is 0 Å². The maximum atomic E-state index is 10.3. The molecule has 4 nitrogen and oxygen atoms in total. The molecule has 3 N–H and O–H groups in total. The lowest BCUT2D eigenvalue weighted by Crippen LogP contribution is -2.33. The van der Waals surface area contributed by atoms with E-state index in [2.05, 4.69) is 15.9 Å². The molecule has 0 aromatic rings. The highest BCUT2D eigenvalue weighted by atomic mass is 79.9. The Labute approximate surface area is 105 Å². The molecule has 2 atom stereocenters. The van der Waals surface area contributed by atoms with E-state index in [0.29, 0.717) is 6.42 Å². The monoisotopic (exact) mass is 296 g/mol. The van der Waals surface area contributed by atoms with E-state index in [-0.39, 0.29) is 0 Å². The van der Waals surface area contributed by atoms with Gasteiger partial charge in [-0.2, -0.15) is 0 Å². The van der Waals surface area contributed by atoms with Crippen molar-refractivity contribution in [3.8, 4) is 0 Å². The zero-order valence-electron chi connectivity index (χ0n) is 9.44. The van der Waals surface area contributed by atoms with E-state index in [1.807, 2.05) is 0 Å². The first kappa shape index (κ1) is 15.9. The third kappa shape index (κ3) is 8.07. The summed E-state index contributed by atoms with van der Waals surface area (Å²) in [7, 11) is 0. The number of alkyl halides is 1. The molecule has 0 aliphatic heterocycles. The van der Waals surface area contributed by atoms with E-state index in [9.17, 15) is 9.90 Å². The van der Waals surface area contributed by atoms with Crippen molar-refractivity contribution in [2.75, 3.05) is 5.33 Å². The molecule has 96 valence electrons. The van der Waals surface area contributed by atoms with E-state index in [1.165, 1.54) is 19.3 Å². The Morgan fingerprint density at radius 2 is 1.50 bits per heavy atom. The summed E-state index contributed by atoms with van der Waals surface area (Å²) in [6.45, 7) is 0. The lowest BCUT2D eigenvalue weighted by Gasteiger charge is -2.13. The quantitative estimate of drug-likeness (QED) is 0.425. The molecule has 0 saturated heterocycles. The maximum absolute atomic E-state index is 10.3. The molecule has 0 bridgehead atoms. The lowest BCUT2D eigenvalue weighted by molar-refractivity contribution is -0.153. The van der Waals surface area contributed by atoms with E-state index in [0.717, 1.165) is 24.6 Å². The number of aliphatic carboxylic acids is 1. The second kappa shape index (κ2) is 10.1. The largest absolute Gasteiger partial charge is 0.479 e. The van der Waals surface area contributed by atoms with Gasteiger partial charge in [-0.3, -0.25) is 0 Å². The summed E-state index contributed by atoms with van der Waals surface area (Å²) in [5.41, 5.74) is 0. The van der Waals surface area contributed by atoms with Crippen LogP contribution < -0.4 is 0 Å². The van der Waals surface area contributed by atoms with Crippen LogP contribution in [0.2, 0.25) is 0 Å². The fourth-order valence-corrected chi connectivity index (χ4v) is 1.87. The Morgan fingerprint density at radius 3 is 2.00 bits per heavy atom. The average Bonchev–Trinajstić information content (AvgIpc) is 2.26. The number of hydrogen-bond acceptors (Lipinski definition) is 3. The van der Waals surface area contributed by atoms with Crippen LogP contribution in [0, 0.1) is 0 Å². The van der Waals surface area contributed by atoms with Crippen LogP contribution in [0.5, 0.6) is 0 Å². The molecule has 0 heterocycles. The third-order valence-corrected chi connectivity index (χ3v) is 3.06. The highest BCUT2D eigenvalue weighted by Gasteiger charge is 2.22. The Hall–Kier alpha value is -0.130. The SMILES string of the molecule is O=C(O)C(O)C(O)CCCCCCCCBr. The summed E-state index contributed by atoms with van der Waals surface area (Å²) in [5, 5.41) is 27.8. The van der Waals surface area contributed by atoms with Crippen molar-refractivity contribution >= 4 is 21.9 Å². The van der Waals surface area contributed by atoms with Gasteiger partial charge in [0.1, 0.15) is 0 Å². The Bertz CT molecular complexity index is 187. The Morgan fingerprint density at radius 1 is 1.00 bits per heavy atom. The fourth-order valence-electron chi connectivity index (χ4n) is 1.48. The lowest BCUT2D eigenvalue weighted by atomic mass is 10.0. The number of aliphatic hydroxyl groups excluding tert-OH is 2. The molecule has 5 heteroatoms. The molecular formula is C11H21BrO4. The van der Waals surface area contributed by atoms with Crippen LogP contribution in [-0.2, 0) is 4.79 Å². The van der Waals surface area contributed by atoms with Gasteiger partial charge in [0.15, 0.2) is 6.10 Å². The predicted molar refractivity (Wildman–Crippen MR) is 65.8 cm³/mol. The van der Waals surface area contributed by atoms with Crippen LogP contribution in [0.1, 0.15) is 44.9 Å². The minimum atomic E-state index is -1.65. The van der Waals surface area contributed by atoms with Crippen molar-refractivity contribution in [3.05, 3.63) is 0 Å². The number of carbonyl (C=O) groups is 1. The van der Waals surface area contributed by atoms with Gasteiger partial charge in [-0.15, -0.1) is 0 Å². The molecule has 2 unspecified atom stereocenters. The maximum Gasteiger partial charge on any atom is 0.335 e. The highest BCUT2D eigenvalue weighted by molar-refractivity contribution is 9.09. The number of unbranched alkanes of at least 4 members (excludes halogenated alkanes) is 5. The third-order valence-electron chi connectivity index (χ3n) is 2.50. The van der Waals surface area contributed by atoms with Gasteiger partial charge in [-0.25, -0.2) is 4.79 Å². The molecule has 0 spiro atoms. The average molecular weight is 297 g/mol. The van der Waals surface area contributed by atoms with Crippen LogP contribution in [0.3, 0.4) is 0 Å². The minimum Gasteiger partial charge on any atom is -0.479 e. The van der Waals surface area contributed by atoms with Gasteiger partial charge in [0.05, 0.1) is 6.10 Å². The van der Waals surface area contributed by atoms with Crippen molar-refractivity contribution < 1.29 is 20.1 Å². The van der Waals surface area contributed by atoms with E-state index < -0.39 is 18.2 Å². The summed E-state index contributed by atoms with van der Waals surface area (Å²) in [6, 6.07) is 0. The Balaban J connectivity index is 3.34. The Kier molecular flexibility index (Phi) is 9.97. The zero-order valence-corrected chi connectivity index (χ0v) is 11.0. The number of carboxylic acids is 1. The first-order valence-corrected chi connectivity index (χ1v) is 6.86. The van der Waals surface area contributed by atoms with Crippen LogP contribution >= 0.6 is 15.9 Å². The molecule has 0 amide bonds. The van der Waals surface area contributed by atoms with Crippen molar-refractivity contribution in [1.82, 2.24) is 0 Å². The fraction of sp³-hybridized carbons (Fsp3) is 0.909. The second-order valence-corrected chi connectivity index (χ2v) is 4.74. The van der Waals surface area contributed by atoms with Crippen molar-refractivity contribution in [1.29, 1.82) is 0 Å². The number of hydrogen-bond donors (Lipinski definition) is 3. The summed E-state index contributed by atoms with van der Waals surface area (Å²) in [4.78, 5) is 10.3. The van der Waals surface area contributed by atoms with E-state index >= 15 is 0 Å². The standard InChI is InChI=1S/C11H21BrO4/c12-8-6-4-2-1-3-5-7-9(13)10(14)11(15)16/h9-10,13-14H,1-8H2,(H,15,16). The molecule has 0 aliphatic rings. The number of rotatable bonds is 10. The molecule has 16 heavy (non-hydrogen) atoms. The van der Waals surface area contributed by atoms with Crippen LogP contribution in [0.15, 0.2) is 0 Å². The van der Waals surface area contributed by atoms with Gasteiger partial charge >= 0.3 is 5.97 Å².